The molecule has 1 rings (SSSR count). The maximum Gasteiger partial charge on any atom is 0.456 e. The van der Waals surface area contributed by atoms with Crippen LogP contribution in [0.4, 0.5) is 22.0 Å². The number of halogens is 5. The minimum absolute atomic E-state index is 0.266. The third kappa shape index (κ3) is 2.41. The molecule has 1 aromatic rings. The van der Waals surface area contributed by atoms with Crippen LogP contribution in [-0.4, -0.2) is 17.2 Å². The molecule has 1 nitrogen and oxygen atoms in total. The highest BCUT2D eigenvalue weighted by Crippen LogP contribution is 2.46. The molecular formula is C14H17F5O. The number of rotatable bonds is 2. The molecule has 0 fully saturated rings. The Bertz CT molecular complexity index is 502. The third-order valence-electron chi connectivity index (χ3n) is 4.05. The summed E-state index contributed by atoms with van der Waals surface area (Å²) in [7, 11) is 0. The van der Waals surface area contributed by atoms with Crippen LogP contribution in [0.15, 0.2) is 0 Å². The molecular weight excluding hydrogens is 279 g/mol. The van der Waals surface area contributed by atoms with E-state index in [9.17, 15) is 27.1 Å². The maximum absolute atomic E-state index is 13.4. The molecule has 6 heteroatoms. The van der Waals surface area contributed by atoms with E-state index < -0.39 is 18.2 Å². The average molecular weight is 296 g/mol. The Labute approximate surface area is 114 Å². The molecule has 0 amide bonds. The summed E-state index contributed by atoms with van der Waals surface area (Å²) in [6.07, 6.45) is -8.70. The zero-order chi connectivity index (χ0) is 16.0. The third-order valence-corrected chi connectivity index (χ3v) is 4.05. The fourth-order valence-corrected chi connectivity index (χ4v) is 2.28. The van der Waals surface area contributed by atoms with Crippen molar-refractivity contribution in [3.63, 3.8) is 0 Å². The zero-order valence-corrected chi connectivity index (χ0v) is 11.9. The van der Waals surface area contributed by atoms with E-state index in [0.717, 1.165) is 5.56 Å². The minimum Gasteiger partial charge on any atom is -0.382 e. The van der Waals surface area contributed by atoms with E-state index in [1.54, 1.807) is 20.8 Å². The van der Waals surface area contributed by atoms with Crippen LogP contribution in [0.5, 0.6) is 0 Å². The van der Waals surface area contributed by atoms with Gasteiger partial charge in [-0.2, -0.15) is 22.0 Å². The van der Waals surface area contributed by atoms with Crippen molar-refractivity contribution < 1.29 is 27.1 Å². The first kappa shape index (κ1) is 16.9. The van der Waals surface area contributed by atoms with Crippen molar-refractivity contribution in [2.24, 2.45) is 0 Å². The van der Waals surface area contributed by atoms with Crippen LogP contribution >= 0.6 is 0 Å². The second-order valence-corrected chi connectivity index (χ2v) is 5.06. The Hall–Kier alpha value is -1.17. The summed E-state index contributed by atoms with van der Waals surface area (Å²) in [6, 6.07) is 0. The van der Waals surface area contributed by atoms with E-state index in [1.807, 2.05) is 0 Å². The van der Waals surface area contributed by atoms with Crippen LogP contribution < -0.4 is 0 Å². The van der Waals surface area contributed by atoms with Crippen LogP contribution in [0.3, 0.4) is 0 Å². The number of aliphatic hydroxyl groups excluding tert-OH is 1. The van der Waals surface area contributed by atoms with Crippen LogP contribution in [0.1, 0.15) is 39.5 Å². The fraction of sp³-hybridized carbons (Fsp3) is 0.571. The quantitative estimate of drug-likeness (QED) is 0.799. The van der Waals surface area contributed by atoms with Gasteiger partial charge in [-0.3, -0.25) is 0 Å². The van der Waals surface area contributed by atoms with Crippen molar-refractivity contribution in [1.82, 2.24) is 0 Å². The Morgan fingerprint density at radius 3 is 1.30 bits per heavy atom. The number of aliphatic hydroxyl groups is 1. The van der Waals surface area contributed by atoms with Crippen molar-refractivity contribution in [2.75, 3.05) is 0 Å². The van der Waals surface area contributed by atoms with Crippen LogP contribution in [0.25, 0.3) is 0 Å². The Balaban J connectivity index is 3.57. The number of hydrogen-bond donors (Lipinski definition) is 1. The predicted molar refractivity (Wildman–Crippen MR) is 66.1 cm³/mol. The SMILES string of the molecule is Cc1c(C)c(C)c(C(O)C(F)(F)C(F)(F)F)c(C)c1C. The zero-order valence-electron chi connectivity index (χ0n) is 11.9. The van der Waals surface area contributed by atoms with Gasteiger partial charge in [0.25, 0.3) is 0 Å². The van der Waals surface area contributed by atoms with Crippen molar-refractivity contribution in [1.29, 1.82) is 0 Å². The molecule has 0 aliphatic rings. The molecule has 0 bridgehead atoms. The highest BCUT2D eigenvalue weighted by molar-refractivity contribution is 5.50. The first-order valence-electron chi connectivity index (χ1n) is 6.03. The monoisotopic (exact) mass is 296 g/mol. The summed E-state index contributed by atoms with van der Waals surface area (Å²) < 4.78 is 63.9. The van der Waals surface area contributed by atoms with Crippen LogP contribution in [-0.2, 0) is 0 Å². The number of hydrogen-bond acceptors (Lipinski definition) is 1. The fourth-order valence-electron chi connectivity index (χ4n) is 2.28. The van der Waals surface area contributed by atoms with Crippen LogP contribution in [0, 0.1) is 34.6 Å². The maximum atomic E-state index is 13.4. The summed E-state index contributed by atoms with van der Waals surface area (Å²) in [6.45, 7) is 7.93. The van der Waals surface area contributed by atoms with Gasteiger partial charge in [0, 0.05) is 0 Å². The molecule has 1 unspecified atom stereocenters. The smallest absolute Gasteiger partial charge is 0.382 e. The standard InChI is InChI=1S/C14H17F5O/c1-6-7(2)9(4)11(10(5)8(6)3)12(20)13(15,16)14(17,18)19/h12,20H,1-5H3. The molecule has 0 saturated carbocycles. The lowest BCUT2D eigenvalue weighted by atomic mass is 9.85. The van der Waals surface area contributed by atoms with E-state index >= 15 is 0 Å². The molecule has 0 aromatic heterocycles. The van der Waals surface area contributed by atoms with Crippen molar-refractivity contribution >= 4 is 0 Å². The first-order chi connectivity index (χ1) is 8.84. The number of benzene rings is 1. The van der Waals surface area contributed by atoms with Gasteiger partial charge in [0.15, 0.2) is 6.10 Å². The first-order valence-corrected chi connectivity index (χ1v) is 6.03. The van der Waals surface area contributed by atoms with E-state index in [1.165, 1.54) is 13.8 Å². The molecule has 0 saturated heterocycles. The van der Waals surface area contributed by atoms with E-state index in [4.69, 9.17) is 0 Å². The molecule has 114 valence electrons. The van der Waals surface area contributed by atoms with Gasteiger partial charge >= 0.3 is 12.1 Å². The van der Waals surface area contributed by atoms with Crippen molar-refractivity contribution in [3.8, 4) is 0 Å². The summed E-state index contributed by atoms with van der Waals surface area (Å²) in [5.41, 5.74) is 2.24. The van der Waals surface area contributed by atoms with Gasteiger partial charge in [-0.15, -0.1) is 0 Å². The molecule has 1 aromatic carbocycles. The summed E-state index contributed by atoms with van der Waals surface area (Å²) >= 11 is 0. The molecule has 1 N–H and O–H groups in total. The van der Waals surface area contributed by atoms with Crippen LogP contribution in [0.2, 0.25) is 0 Å². The Kier molecular flexibility index (Phi) is 4.21. The van der Waals surface area contributed by atoms with E-state index in [-0.39, 0.29) is 16.7 Å². The normalized spacial score (nSPS) is 14.6. The van der Waals surface area contributed by atoms with Gasteiger partial charge in [0.1, 0.15) is 0 Å². The van der Waals surface area contributed by atoms with Gasteiger partial charge in [-0.05, 0) is 68.0 Å². The van der Waals surface area contributed by atoms with E-state index in [0.29, 0.717) is 11.1 Å². The molecule has 20 heavy (non-hydrogen) atoms. The predicted octanol–water partition coefficient (Wildman–Crippen LogP) is 4.46. The summed E-state index contributed by atoms with van der Waals surface area (Å²) in [5, 5.41) is 9.62. The molecule has 0 aliphatic carbocycles. The van der Waals surface area contributed by atoms with Gasteiger partial charge in [0.05, 0.1) is 0 Å². The second-order valence-electron chi connectivity index (χ2n) is 5.06. The van der Waals surface area contributed by atoms with Crippen molar-refractivity contribution in [2.45, 2.75) is 52.8 Å². The van der Waals surface area contributed by atoms with E-state index in [2.05, 4.69) is 0 Å². The van der Waals surface area contributed by atoms with Gasteiger partial charge in [0.2, 0.25) is 0 Å². The van der Waals surface area contributed by atoms with Gasteiger partial charge in [-0.1, -0.05) is 0 Å². The second kappa shape index (κ2) is 4.98. The molecule has 0 radical (unpaired) electrons. The summed E-state index contributed by atoms with van der Waals surface area (Å²) in [5.74, 6) is -5.18. The van der Waals surface area contributed by atoms with Crippen molar-refractivity contribution in [3.05, 3.63) is 33.4 Å². The van der Waals surface area contributed by atoms with Gasteiger partial charge in [-0.25, -0.2) is 0 Å². The minimum atomic E-state index is -5.79. The van der Waals surface area contributed by atoms with Gasteiger partial charge < -0.3 is 5.11 Å². The number of alkyl halides is 5. The topological polar surface area (TPSA) is 20.2 Å². The molecule has 0 spiro atoms. The molecule has 0 aliphatic heterocycles. The lowest BCUT2D eigenvalue weighted by Gasteiger charge is -2.29. The largest absolute Gasteiger partial charge is 0.456 e. The highest BCUT2D eigenvalue weighted by atomic mass is 19.4. The Morgan fingerprint density at radius 2 is 1.00 bits per heavy atom. The summed E-state index contributed by atoms with van der Waals surface area (Å²) in [4.78, 5) is 0. The average Bonchev–Trinajstić information content (AvgIpc) is 2.32. The lowest BCUT2D eigenvalue weighted by molar-refractivity contribution is -0.315. The molecule has 1 atom stereocenters. The molecule has 0 heterocycles. The Morgan fingerprint density at radius 1 is 0.700 bits per heavy atom. The highest BCUT2D eigenvalue weighted by Gasteiger charge is 2.63. The lowest BCUT2D eigenvalue weighted by Crippen LogP contribution is -2.42.